The highest BCUT2D eigenvalue weighted by Crippen LogP contribution is 2.15. The van der Waals surface area contributed by atoms with E-state index in [-0.39, 0.29) is 24.0 Å². The number of quaternary nitrogens is 1. The van der Waals surface area contributed by atoms with Crippen LogP contribution in [-0.2, 0) is 0 Å². The van der Waals surface area contributed by atoms with Crippen LogP contribution in [0.5, 0.6) is 5.75 Å². The van der Waals surface area contributed by atoms with E-state index in [1.165, 1.54) is 11.1 Å². The Morgan fingerprint density at radius 1 is 0.870 bits per heavy atom. The van der Waals surface area contributed by atoms with E-state index in [9.17, 15) is 0 Å². The van der Waals surface area contributed by atoms with Crippen molar-refractivity contribution < 1.29 is 33.2 Å². The van der Waals surface area contributed by atoms with Crippen LogP contribution < -0.4 is 28.7 Å². The second-order valence-electron chi connectivity index (χ2n) is 6.59. The zero-order valence-electron chi connectivity index (χ0n) is 14.4. The highest BCUT2D eigenvalue weighted by Gasteiger charge is 2.18. The van der Waals surface area contributed by atoms with Crippen molar-refractivity contribution in [3.63, 3.8) is 0 Å². The van der Waals surface area contributed by atoms with Crippen molar-refractivity contribution in [3.05, 3.63) is 65.7 Å². The summed E-state index contributed by atoms with van der Waals surface area (Å²) < 4.78 is 6.77. The summed E-state index contributed by atoms with van der Waals surface area (Å²) in [6, 6.07) is 19.0. The van der Waals surface area contributed by atoms with Gasteiger partial charge in [-0.3, -0.25) is 0 Å². The molecule has 2 rings (SSSR count). The molecule has 0 aliphatic carbocycles. The van der Waals surface area contributed by atoms with Gasteiger partial charge in [0.25, 0.3) is 0 Å². The molecule has 0 saturated heterocycles. The Kier molecular flexibility index (Phi) is 7.79. The molecule has 3 heteroatoms. The average molecular weight is 423 g/mol. The monoisotopic (exact) mass is 423 g/mol. The molecule has 1 unspecified atom stereocenters. The first kappa shape index (κ1) is 19.7. The molecule has 0 aromatic heterocycles. The fraction of sp³-hybridized carbons (Fsp3) is 0.300. The van der Waals surface area contributed by atoms with E-state index >= 15 is 0 Å². The molecule has 23 heavy (non-hydrogen) atoms. The largest absolute Gasteiger partial charge is 1.00 e. The summed E-state index contributed by atoms with van der Waals surface area (Å²) in [5.74, 6) is 0.928. The Hall–Kier alpha value is -1.33. The SMILES string of the molecule is CC(COc1ccc(/C=C/c2ccccc2)cc1)[N+](C)(C)C.[I-]. The zero-order valence-corrected chi connectivity index (χ0v) is 16.5. The molecule has 0 radical (unpaired) electrons. The molecule has 2 aromatic carbocycles. The van der Waals surface area contributed by atoms with Crippen molar-refractivity contribution in [1.82, 2.24) is 0 Å². The van der Waals surface area contributed by atoms with Gasteiger partial charge in [-0.1, -0.05) is 54.6 Å². The van der Waals surface area contributed by atoms with E-state index in [4.69, 9.17) is 4.74 Å². The number of hydrogen-bond acceptors (Lipinski definition) is 1. The lowest BCUT2D eigenvalue weighted by Crippen LogP contribution is -3.00. The third-order valence-corrected chi connectivity index (χ3v) is 3.96. The van der Waals surface area contributed by atoms with Gasteiger partial charge in [0.05, 0.1) is 21.1 Å². The molecule has 2 aromatic rings. The summed E-state index contributed by atoms with van der Waals surface area (Å²) >= 11 is 0. The Morgan fingerprint density at radius 2 is 1.39 bits per heavy atom. The molecule has 124 valence electrons. The first-order valence-corrected chi connectivity index (χ1v) is 7.72. The summed E-state index contributed by atoms with van der Waals surface area (Å²) in [6.45, 7) is 2.93. The predicted octanol–water partition coefficient (Wildman–Crippen LogP) is 1.33. The minimum Gasteiger partial charge on any atom is -1.00 e. The van der Waals surface area contributed by atoms with E-state index < -0.39 is 0 Å². The maximum atomic E-state index is 5.87. The summed E-state index contributed by atoms with van der Waals surface area (Å²) in [5, 5.41) is 0. The molecule has 0 heterocycles. The highest BCUT2D eigenvalue weighted by atomic mass is 127. The van der Waals surface area contributed by atoms with Crippen LogP contribution in [-0.4, -0.2) is 38.3 Å². The van der Waals surface area contributed by atoms with Gasteiger partial charge in [-0.15, -0.1) is 0 Å². The average Bonchev–Trinajstić information content (AvgIpc) is 2.51. The molecule has 0 fully saturated rings. The molecule has 0 amide bonds. The summed E-state index contributed by atoms with van der Waals surface area (Å²) in [4.78, 5) is 0. The molecule has 1 atom stereocenters. The van der Waals surface area contributed by atoms with Gasteiger partial charge in [-0.25, -0.2) is 0 Å². The molecule has 0 saturated carbocycles. The van der Waals surface area contributed by atoms with E-state index in [1.807, 2.05) is 30.3 Å². The lowest BCUT2D eigenvalue weighted by Gasteiger charge is -2.31. The van der Waals surface area contributed by atoms with Gasteiger partial charge in [0.15, 0.2) is 0 Å². The number of likely N-dealkylation sites (N-methyl/N-ethyl adjacent to an activating group) is 1. The van der Waals surface area contributed by atoms with E-state index in [0.717, 1.165) is 16.8 Å². The second kappa shape index (κ2) is 9.08. The Balaban J connectivity index is 0.00000264. The molecular weight excluding hydrogens is 397 g/mol. The quantitative estimate of drug-likeness (QED) is 0.387. The maximum Gasteiger partial charge on any atom is 0.140 e. The number of halogens is 1. The van der Waals surface area contributed by atoms with Crippen LogP contribution in [0.4, 0.5) is 0 Å². The van der Waals surface area contributed by atoms with Crippen LogP contribution in [0, 0.1) is 0 Å². The van der Waals surface area contributed by atoms with Gasteiger partial charge in [0.2, 0.25) is 0 Å². The standard InChI is InChI=1S/C20H26NO.HI/c1-17(21(2,3)4)16-22-20-14-12-19(13-15-20)11-10-18-8-6-5-7-9-18;/h5-15,17H,16H2,1-4H3;1H/q+1;/p-1/b11-10+;. The minimum atomic E-state index is 0. The fourth-order valence-corrected chi connectivity index (χ4v) is 1.87. The Bertz CT molecular complexity index is 600. The van der Waals surface area contributed by atoms with Gasteiger partial charge >= 0.3 is 0 Å². The van der Waals surface area contributed by atoms with Gasteiger partial charge < -0.3 is 33.2 Å². The molecule has 0 aliphatic heterocycles. The van der Waals surface area contributed by atoms with Crippen molar-refractivity contribution in [2.24, 2.45) is 0 Å². The summed E-state index contributed by atoms with van der Waals surface area (Å²) in [7, 11) is 6.56. The van der Waals surface area contributed by atoms with E-state index in [2.05, 4.69) is 64.5 Å². The number of ether oxygens (including phenoxy) is 1. The van der Waals surface area contributed by atoms with Crippen molar-refractivity contribution >= 4 is 12.2 Å². The smallest absolute Gasteiger partial charge is 0.140 e. The maximum absolute atomic E-state index is 5.87. The van der Waals surface area contributed by atoms with Crippen LogP contribution in [0.2, 0.25) is 0 Å². The van der Waals surface area contributed by atoms with Crippen LogP contribution in [0.1, 0.15) is 18.1 Å². The highest BCUT2D eigenvalue weighted by molar-refractivity contribution is 5.69. The van der Waals surface area contributed by atoms with Crippen molar-refractivity contribution in [1.29, 1.82) is 0 Å². The summed E-state index contributed by atoms with van der Waals surface area (Å²) in [5.41, 5.74) is 2.38. The van der Waals surface area contributed by atoms with E-state index in [0.29, 0.717) is 6.04 Å². The predicted molar refractivity (Wildman–Crippen MR) is 94.8 cm³/mol. The molecule has 0 spiro atoms. The second-order valence-corrected chi connectivity index (χ2v) is 6.59. The van der Waals surface area contributed by atoms with Crippen LogP contribution in [0.25, 0.3) is 12.2 Å². The number of hydrogen-bond donors (Lipinski definition) is 0. The molecule has 0 N–H and O–H groups in total. The van der Waals surface area contributed by atoms with Crippen LogP contribution >= 0.6 is 0 Å². The van der Waals surface area contributed by atoms with Gasteiger partial charge in [-0.2, -0.15) is 0 Å². The summed E-state index contributed by atoms with van der Waals surface area (Å²) in [6.07, 6.45) is 4.24. The van der Waals surface area contributed by atoms with Crippen molar-refractivity contribution in [2.45, 2.75) is 13.0 Å². The minimum absolute atomic E-state index is 0. The first-order chi connectivity index (χ1) is 10.4. The number of nitrogens with zero attached hydrogens (tertiary/aromatic N) is 1. The van der Waals surface area contributed by atoms with Crippen LogP contribution in [0.15, 0.2) is 54.6 Å². The molecule has 0 aliphatic rings. The zero-order chi connectivity index (χ0) is 16.0. The van der Waals surface area contributed by atoms with Crippen LogP contribution in [0.3, 0.4) is 0 Å². The normalized spacial score (nSPS) is 12.7. The Morgan fingerprint density at radius 3 is 1.91 bits per heavy atom. The Labute approximate surface area is 157 Å². The van der Waals surface area contributed by atoms with Gasteiger partial charge in [0.1, 0.15) is 18.4 Å². The van der Waals surface area contributed by atoms with Gasteiger partial charge in [-0.05, 0) is 30.2 Å². The molecular formula is C20H26INO. The molecule has 2 nitrogen and oxygen atoms in total. The van der Waals surface area contributed by atoms with Gasteiger partial charge in [0, 0.05) is 0 Å². The molecule has 0 bridgehead atoms. The number of benzene rings is 2. The topological polar surface area (TPSA) is 9.23 Å². The third kappa shape index (κ3) is 6.75. The fourth-order valence-electron chi connectivity index (χ4n) is 1.87. The first-order valence-electron chi connectivity index (χ1n) is 7.72. The lowest BCUT2D eigenvalue weighted by atomic mass is 10.1. The third-order valence-electron chi connectivity index (χ3n) is 3.96. The van der Waals surface area contributed by atoms with Crippen molar-refractivity contribution in [2.75, 3.05) is 27.7 Å². The van der Waals surface area contributed by atoms with Crippen molar-refractivity contribution in [3.8, 4) is 5.75 Å². The van der Waals surface area contributed by atoms with E-state index in [1.54, 1.807) is 0 Å². The number of rotatable bonds is 6. The lowest BCUT2D eigenvalue weighted by molar-refractivity contribution is -0.894.